The summed E-state index contributed by atoms with van der Waals surface area (Å²) in [5.41, 5.74) is 7.49. The summed E-state index contributed by atoms with van der Waals surface area (Å²) in [6.45, 7) is 10.1. The number of halogens is 1. The number of para-hydroxylation sites is 1. The lowest BCUT2D eigenvalue weighted by Crippen LogP contribution is -2.22. The number of aromatic nitrogens is 2. The van der Waals surface area contributed by atoms with Gasteiger partial charge in [0.15, 0.2) is 5.82 Å². The molecule has 0 aliphatic carbocycles. The average Bonchev–Trinajstić information content (AvgIpc) is 2.76. The molecule has 1 atom stereocenters. The van der Waals surface area contributed by atoms with Gasteiger partial charge in [0.2, 0.25) is 0 Å². The minimum Gasteiger partial charge on any atom is -0.330 e. The van der Waals surface area contributed by atoms with Crippen molar-refractivity contribution in [3.05, 3.63) is 29.8 Å². The fraction of sp³-hybridized carbons (Fsp3) is 0.588. The maximum Gasteiger partial charge on any atom is 0.151 e. The zero-order valence-corrected chi connectivity index (χ0v) is 13.5. The Morgan fingerprint density at radius 3 is 2.62 bits per heavy atom. The number of nitrogens with zero attached hydrogens (tertiary/aromatic N) is 2. The first-order chi connectivity index (χ1) is 9.87. The van der Waals surface area contributed by atoms with Crippen LogP contribution in [-0.2, 0) is 6.54 Å². The summed E-state index contributed by atoms with van der Waals surface area (Å²) in [7, 11) is 0. The van der Waals surface area contributed by atoms with Crippen molar-refractivity contribution in [1.82, 2.24) is 9.55 Å². The van der Waals surface area contributed by atoms with Gasteiger partial charge in [-0.15, -0.1) is 0 Å². The minimum absolute atomic E-state index is 0.156. The van der Waals surface area contributed by atoms with E-state index in [0.717, 1.165) is 30.7 Å². The molecule has 2 aromatic rings. The molecule has 0 bridgehead atoms. The third-order valence-corrected chi connectivity index (χ3v) is 3.71. The van der Waals surface area contributed by atoms with E-state index in [4.69, 9.17) is 5.73 Å². The standard InChI is InChI=1S/C17H26FN3/c1-5-9-21-14-8-6-7-13(18)15(14)20-16(21)12(11-19)10-17(2,3)4/h6-8,12H,5,9-11,19H2,1-4H3. The maximum absolute atomic E-state index is 14.0. The number of nitrogens with two attached hydrogens (primary N) is 1. The van der Waals surface area contributed by atoms with Crippen LogP contribution in [0.2, 0.25) is 0 Å². The summed E-state index contributed by atoms with van der Waals surface area (Å²) < 4.78 is 16.2. The first kappa shape index (κ1) is 16.0. The van der Waals surface area contributed by atoms with E-state index in [-0.39, 0.29) is 17.2 Å². The van der Waals surface area contributed by atoms with Gasteiger partial charge in [0, 0.05) is 19.0 Å². The Morgan fingerprint density at radius 2 is 2.05 bits per heavy atom. The van der Waals surface area contributed by atoms with Gasteiger partial charge < -0.3 is 10.3 Å². The van der Waals surface area contributed by atoms with Crippen molar-refractivity contribution in [2.24, 2.45) is 11.1 Å². The third kappa shape index (κ3) is 3.43. The predicted molar refractivity (Wildman–Crippen MR) is 85.8 cm³/mol. The Balaban J connectivity index is 2.55. The number of fused-ring (bicyclic) bond motifs is 1. The van der Waals surface area contributed by atoms with Gasteiger partial charge >= 0.3 is 0 Å². The van der Waals surface area contributed by atoms with Gasteiger partial charge in [-0.2, -0.15) is 0 Å². The molecule has 21 heavy (non-hydrogen) atoms. The lowest BCUT2D eigenvalue weighted by atomic mass is 9.84. The number of hydrogen-bond acceptors (Lipinski definition) is 2. The Labute approximate surface area is 126 Å². The van der Waals surface area contributed by atoms with Crippen LogP contribution in [0, 0.1) is 11.2 Å². The summed E-state index contributed by atoms with van der Waals surface area (Å²) in [5.74, 6) is 0.827. The molecule has 1 unspecified atom stereocenters. The van der Waals surface area contributed by atoms with Gasteiger partial charge in [-0.25, -0.2) is 9.37 Å². The molecule has 4 heteroatoms. The molecule has 1 aromatic heterocycles. The van der Waals surface area contributed by atoms with Crippen LogP contribution in [-0.4, -0.2) is 16.1 Å². The Morgan fingerprint density at radius 1 is 1.33 bits per heavy atom. The van der Waals surface area contributed by atoms with Crippen molar-refractivity contribution in [3.63, 3.8) is 0 Å². The largest absolute Gasteiger partial charge is 0.330 e. The first-order valence-electron chi connectivity index (χ1n) is 7.72. The van der Waals surface area contributed by atoms with Crippen LogP contribution in [0.3, 0.4) is 0 Å². The lowest BCUT2D eigenvalue weighted by Gasteiger charge is -2.25. The Bertz CT molecular complexity index is 610. The lowest BCUT2D eigenvalue weighted by molar-refractivity contribution is 0.331. The smallest absolute Gasteiger partial charge is 0.151 e. The van der Waals surface area contributed by atoms with Crippen molar-refractivity contribution >= 4 is 11.0 Å². The van der Waals surface area contributed by atoms with E-state index in [0.29, 0.717) is 12.1 Å². The molecule has 0 spiro atoms. The summed E-state index contributed by atoms with van der Waals surface area (Å²) in [6.07, 6.45) is 1.93. The predicted octanol–water partition coefficient (Wildman–Crippen LogP) is 4.06. The normalized spacial score (nSPS) is 13.8. The van der Waals surface area contributed by atoms with Crippen LogP contribution < -0.4 is 5.73 Å². The number of rotatable bonds is 5. The van der Waals surface area contributed by atoms with Crippen LogP contribution in [0.5, 0.6) is 0 Å². The minimum atomic E-state index is -0.255. The van der Waals surface area contributed by atoms with Gasteiger partial charge in [0.25, 0.3) is 0 Å². The number of hydrogen-bond donors (Lipinski definition) is 1. The molecule has 0 saturated carbocycles. The zero-order chi connectivity index (χ0) is 15.6. The quantitative estimate of drug-likeness (QED) is 0.902. The molecule has 0 fully saturated rings. The first-order valence-corrected chi connectivity index (χ1v) is 7.72. The number of benzene rings is 1. The summed E-state index contributed by atoms with van der Waals surface area (Å²) in [5, 5.41) is 0. The molecule has 1 aromatic carbocycles. The maximum atomic E-state index is 14.0. The molecule has 116 valence electrons. The molecule has 0 saturated heterocycles. The molecule has 0 amide bonds. The average molecular weight is 291 g/mol. The second-order valence-electron chi connectivity index (χ2n) is 6.93. The van der Waals surface area contributed by atoms with Crippen molar-refractivity contribution < 1.29 is 4.39 Å². The van der Waals surface area contributed by atoms with E-state index < -0.39 is 0 Å². The number of imidazole rings is 1. The molecule has 2 rings (SSSR count). The topological polar surface area (TPSA) is 43.8 Å². The van der Waals surface area contributed by atoms with E-state index in [1.165, 1.54) is 6.07 Å². The van der Waals surface area contributed by atoms with Crippen LogP contribution in [0.1, 0.15) is 52.3 Å². The van der Waals surface area contributed by atoms with Gasteiger partial charge in [0.1, 0.15) is 11.3 Å². The van der Waals surface area contributed by atoms with Crippen molar-refractivity contribution in [2.75, 3.05) is 6.54 Å². The second-order valence-corrected chi connectivity index (χ2v) is 6.93. The second kappa shape index (κ2) is 6.14. The summed E-state index contributed by atoms with van der Waals surface area (Å²) in [4.78, 5) is 4.59. The van der Waals surface area contributed by atoms with Gasteiger partial charge in [0.05, 0.1) is 5.52 Å². The fourth-order valence-electron chi connectivity index (χ4n) is 2.92. The highest BCUT2D eigenvalue weighted by Crippen LogP contribution is 2.32. The van der Waals surface area contributed by atoms with Crippen molar-refractivity contribution in [3.8, 4) is 0 Å². The van der Waals surface area contributed by atoms with E-state index >= 15 is 0 Å². The summed E-state index contributed by atoms with van der Waals surface area (Å²) in [6, 6.07) is 5.16. The van der Waals surface area contributed by atoms with E-state index in [1.807, 2.05) is 6.07 Å². The molecule has 1 heterocycles. The number of aryl methyl sites for hydroxylation is 1. The van der Waals surface area contributed by atoms with Gasteiger partial charge in [-0.1, -0.05) is 33.8 Å². The van der Waals surface area contributed by atoms with Gasteiger partial charge in [-0.3, -0.25) is 0 Å². The van der Waals surface area contributed by atoms with Crippen LogP contribution in [0.15, 0.2) is 18.2 Å². The molecule has 3 nitrogen and oxygen atoms in total. The van der Waals surface area contributed by atoms with Crippen LogP contribution in [0.4, 0.5) is 4.39 Å². The fourth-order valence-corrected chi connectivity index (χ4v) is 2.92. The summed E-state index contributed by atoms with van der Waals surface area (Å²) >= 11 is 0. The van der Waals surface area contributed by atoms with E-state index in [9.17, 15) is 4.39 Å². The third-order valence-electron chi connectivity index (χ3n) is 3.71. The highest BCUT2D eigenvalue weighted by atomic mass is 19.1. The SMILES string of the molecule is CCCn1c(C(CN)CC(C)(C)C)nc2c(F)cccc21. The molecule has 2 N–H and O–H groups in total. The molecule has 0 radical (unpaired) electrons. The van der Waals surface area contributed by atoms with Crippen molar-refractivity contribution in [2.45, 2.75) is 53.0 Å². The van der Waals surface area contributed by atoms with Crippen LogP contribution >= 0.6 is 0 Å². The van der Waals surface area contributed by atoms with E-state index in [2.05, 4.69) is 37.2 Å². The highest BCUT2D eigenvalue weighted by molar-refractivity contribution is 5.76. The Hall–Kier alpha value is -1.42. The van der Waals surface area contributed by atoms with Crippen molar-refractivity contribution in [1.29, 1.82) is 0 Å². The van der Waals surface area contributed by atoms with E-state index in [1.54, 1.807) is 6.07 Å². The molecule has 0 aliphatic heterocycles. The van der Waals surface area contributed by atoms with Crippen LogP contribution in [0.25, 0.3) is 11.0 Å². The highest BCUT2D eigenvalue weighted by Gasteiger charge is 2.25. The van der Waals surface area contributed by atoms with Gasteiger partial charge in [-0.05, 0) is 30.4 Å². The molecular formula is C17H26FN3. The molecular weight excluding hydrogens is 265 g/mol. The molecule has 0 aliphatic rings. The Kier molecular flexibility index (Phi) is 4.67. The monoisotopic (exact) mass is 291 g/mol. The zero-order valence-electron chi connectivity index (χ0n) is 13.5.